The summed E-state index contributed by atoms with van der Waals surface area (Å²) >= 11 is 8.55. The number of aliphatic hydroxyl groups excluding tert-OH is 1. The molecule has 1 aromatic carbocycles. The Morgan fingerprint density at radius 2 is 1.88 bits per heavy atom. The molecule has 1 aliphatic rings. The predicted octanol–water partition coefficient (Wildman–Crippen LogP) is 3.45. The summed E-state index contributed by atoms with van der Waals surface area (Å²) in [5.74, 6) is -0.156. The van der Waals surface area contributed by atoms with E-state index in [2.05, 4.69) is 0 Å². The van der Waals surface area contributed by atoms with Gasteiger partial charge in [0.15, 0.2) is 0 Å². The molecule has 1 N–H and O–H groups in total. The summed E-state index contributed by atoms with van der Waals surface area (Å²) in [4.78, 5) is 28.1. The second-order valence-electron chi connectivity index (χ2n) is 5.39. The van der Waals surface area contributed by atoms with E-state index < -0.39 is 0 Å². The molecule has 3 rings (SSSR count). The minimum atomic E-state index is -0.277. The topological polar surface area (TPSA) is 57.6 Å². The number of thiophene rings is 1. The Labute approximate surface area is 159 Å². The Morgan fingerprint density at radius 3 is 2.52 bits per heavy atom. The van der Waals surface area contributed by atoms with E-state index in [1.807, 2.05) is 29.6 Å². The molecule has 0 radical (unpaired) electrons. The van der Waals surface area contributed by atoms with Crippen LogP contribution >= 0.6 is 34.7 Å². The van der Waals surface area contributed by atoms with Gasteiger partial charge in [-0.2, -0.15) is 0 Å². The standard InChI is InChI=1S/C18H16ClNO3S2/c19-13-5-3-12(4-6-13)7-8-20-17(22)15(14-2-1-10-24-14)16(18(20)23)25-11-9-21/h1-6,10,21H,7-9,11H2. The zero-order valence-electron chi connectivity index (χ0n) is 13.3. The van der Waals surface area contributed by atoms with Crippen molar-refractivity contribution in [3.63, 3.8) is 0 Å². The summed E-state index contributed by atoms with van der Waals surface area (Å²) in [5.41, 5.74) is 1.47. The number of thioether (sulfide) groups is 1. The summed E-state index contributed by atoms with van der Waals surface area (Å²) in [6, 6.07) is 11.1. The van der Waals surface area contributed by atoms with Gasteiger partial charge in [-0.3, -0.25) is 14.5 Å². The van der Waals surface area contributed by atoms with Crippen molar-refractivity contribution in [3.05, 3.63) is 62.1 Å². The highest BCUT2D eigenvalue weighted by molar-refractivity contribution is 8.04. The first-order valence-electron chi connectivity index (χ1n) is 7.74. The van der Waals surface area contributed by atoms with Gasteiger partial charge in [0.25, 0.3) is 11.8 Å². The molecule has 0 fully saturated rings. The van der Waals surface area contributed by atoms with Gasteiger partial charge in [0, 0.05) is 22.2 Å². The third-order valence-corrected chi connectivity index (χ3v) is 5.96. The van der Waals surface area contributed by atoms with Gasteiger partial charge in [-0.1, -0.05) is 29.8 Å². The third-order valence-electron chi connectivity index (χ3n) is 3.77. The van der Waals surface area contributed by atoms with Gasteiger partial charge in [-0.05, 0) is 35.6 Å². The van der Waals surface area contributed by atoms with Gasteiger partial charge in [-0.15, -0.1) is 23.1 Å². The second kappa shape index (κ2) is 8.19. The number of nitrogens with zero attached hydrogens (tertiary/aromatic N) is 1. The SMILES string of the molecule is O=C1C(SCCO)=C(c2cccs2)C(=O)N1CCc1ccc(Cl)cc1. The fraction of sp³-hybridized carbons (Fsp3) is 0.222. The van der Waals surface area contributed by atoms with Gasteiger partial charge in [0.1, 0.15) is 0 Å². The summed E-state index contributed by atoms with van der Waals surface area (Å²) in [6.45, 7) is 0.273. The molecule has 4 nitrogen and oxygen atoms in total. The molecule has 7 heteroatoms. The van der Waals surface area contributed by atoms with Crippen molar-refractivity contribution in [2.75, 3.05) is 18.9 Å². The van der Waals surface area contributed by atoms with Crippen molar-refractivity contribution < 1.29 is 14.7 Å². The van der Waals surface area contributed by atoms with Gasteiger partial charge in [-0.25, -0.2) is 0 Å². The van der Waals surface area contributed by atoms with E-state index in [0.29, 0.717) is 34.2 Å². The highest BCUT2D eigenvalue weighted by Crippen LogP contribution is 2.37. The van der Waals surface area contributed by atoms with Crippen LogP contribution in [0.25, 0.3) is 5.57 Å². The average molecular weight is 394 g/mol. The molecule has 0 spiro atoms. The maximum atomic E-state index is 12.8. The van der Waals surface area contributed by atoms with E-state index in [9.17, 15) is 9.59 Å². The van der Waals surface area contributed by atoms with Crippen LogP contribution in [0, 0.1) is 0 Å². The summed E-state index contributed by atoms with van der Waals surface area (Å²) in [6.07, 6.45) is 0.574. The molecule has 1 aliphatic heterocycles. The smallest absolute Gasteiger partial charge is 0.268 e. The molecule has 0 atom stereocenters. The molecule has 25 heavy (non-hydrogen) atoms. The zero-order chi connectivity index (χ0) is 17.8. The van der Waals surface area contributed by atoms with Crippen LogP contribution in [0.15, 0.2) is 46.7 Å². The van der Waals surface area contributed by atoms with E-state index in [1.54, 1.807) is 12.1 Å². The summed E-state index contributed by atoms with van der Waals surface area (Å²) < 4.78 is 0. The highest BCUT2D eigenvalue weighted by Gasteiger charge is 2.39. The Kier molecular flexibility index (Phi) is 5.96. The lowest BCUT2D eigenvalue weighted by molar-refractivity contribution is -0.136. The van der Waals surface area contributed by atoms with Crippen LogP contribution < -0.4 is 0 Å². The summed E-state index contributed by atoms with van der Waals surface area (Å²) in [5, 5.41) is 11.6. The van der Waals surface area contributed by atoms with Crippen LogP contribution in [-0.4, -0.2) is 40.7 Å². The number of hydrogen-bond donors (Lipinski definition) is 1. The van der Waals surface area contributed by atoms with Gasteiger partial charge in [0.2, 0.25) is 0 Å². The Bertz CT molecular complexity index is 800. The molecule has 2 aromatic rings. The van der Waals surface area contributed by atoms with Gasteiger partial charge >= 0.3 is 0 Å². The first kappa shape index (κ1) is 18.2. The van der Waals surface area contributed by atoms with E-state index >= 15 is 0 Å². The molecule has 0 saturated heterocycles. The quantitative estimate of drug-likeness (QED) is 0.732. The molecule has 2 amide bonds. The van der Waals surface area contributed by atoms with Crippen molar-refractivity contribution in [1.29, 1.82) is 0 Å². The molecule has 0 unspecified atom stereocenters. The molecule has 0 aliphatic carbocycles. The molecule has 0 saturated carbocycles. The molecule has 0 bridgehead atoms. The number of imide groups is 1. The monoisotopic (exact) mass is 393 g/mol. The normalized spacial score (nSPS) is 14.7. The zero-order valence-corrected chi connectivity index (χ0v) is 15.7. The van der Waals surface area contributed by atoms with Crippen molar-refractivity contribution in [2.24, 2.45) is 0 Å². The Hall–Kier alpha value is -1.60. The number of halogens is 1. The fourth-order valence-electron chi connectivity index (χ4n) is 2.57. The molecule has 2 heterocycles. The number of carbonyl (C=O) groups is 2. The molecular weight excluding hydrogens is 378 g/mol. The van der Waals surface area contributed by atoms with Crippen LogP contribution in [0.4, 0.5) is 0 Å². The van der Waals surface area contributed by atoms with Crippen molar-refractivity contribution in [2.45, 2.75) is 6.42 Å². The largest absolute Gasteiger partial charge is 0.396 e. The summed E-state index contributed by atoms with van der Waals surface area (Å²) in [7, 11) is 0. The number of rotatable bonds is 7. The fourth-order valence-corrected chi connectivity index (χ4v) is 4.40. The predicted molar refractivity (Wildman–Crippen MR) is 103 cm³/mol. The van der Waals surface area contributed by atoms with Crippen LogP contribution in [0.3, 0.4) is 0 Å². The number of hydrogen-bond acceptors (Lipinski definition) is 5. The first-order chi connectivity index (χ1) is 12.1. The third kappa shape index (κ3) is 3.98. The first-order valence-corrected chi connectivity index (χ1v) is 9.98. The maximum Gasteiger partial charge on any atom is 0.268 e. The van der Waals surface area contributed by atoms with Crippen molar-refractivity contribution in [1.82, 2.24) is 4.90 Å². The van der Waals surface area contributed by atoms with E-state index in [0.717, 1.165) is 10.4 Å². The number of carbonyl (C=O) groups excluding carboxylic acids is 2. The lowest BCUT2D eigenvalue weighted by Crippen LogP contribution is -2.33. The molecule has 130 valence electrons. The van der Waals surface area contributed by atoms with Crippen LogP contribution in [0.2, 0.25) is 5.02 Å². The van der Waals surface area contributed by atoms with Crippen molar-refractivity contribution in [3.8, 4) is 0 Å². The lowest BCUT2D eigenvalue weighted by Gasteiger charge is -2.15. The number of benzene rings is 1. The lowest BCUT2D eigenvalue weighted by atomic mass is 10.1. The highest BCUT2D eigenvalue weighted by atomic mass is 35.5. The molecular formula is C18H16ClNO3S2. The average Bonchev–Trinajstić information content (AvgIpc) is 3.20. The van der Waals surface area contributed by atoms with Crippen molar-refractivity contribution >= 4 is 52.1 Å². The van der Waals surface area contributed by atoms with Gasteiger partial charge in [0.05, 0.1) is 17.1 Å². The van der Waals surface area contributed by atoms with Crippen LogP contribution in [0.1, 0.15) is 10.4 Å². The number of amides is 2. The minimum Gasteiger partial charge on any atom is -0.396 e. The Balaban J connectivity index is 1.80. The second-order valence-corrected chi connectivity index (χ2v) is 7.88. The van der Waals surface area contributed by atoms with E-state index in [4.69, 9.17) is 16.7 Å². The van der Waals surface area contributed by atoms with E-state index in [-0.39, 0.29) is 18.4 Å². The maximum absolute atomic E-state index is 12.8. The van der Waals surface area contributed by atoms with Crippen LogP contribution in [0.5, 0.6) is 0 Å². The van der Waals surface area contributed by atoms with E-state index in [1.165, 1.54) is 28.0 Å². The van der Waals surface area contributed by atoms with Gasteiger partial charge < -0.3 is 5.11 Å². The Morgan fingerprint density at radius 1 is 1.12 bits per heavy atom. The minimum absolute atomic E-state index is 0.0435. The number of aliphatic hydroxyl groups is 1. The van der Waals surface area contributed by atoms with Crippen LogP contribution in [-0.2, 0) is 16.0 Å². The molecule has 1 aromatic heterocycles.